The van der Waals surface area contributed by atoms with Crippen molar-refractivity contribution in [2.24, 2.45) is 0 Å². The van der Waals surface area contributed by atoms with E-state index in [0.29, 0.717) is 5.75 Å². The van der Waals surface area contributed by atoms with Crippen LogP contribution >= 0.6 is 23.4 Å². The first-order valence-electron chi connectivity index (χ1n) is 7.99. The van der Waals surface area contributed by atoms with Crippen LogP contribution in [0.1, 0.15) is 5.69 Å². The second-order valence-corrected chi connectivity index (χ2v) is 7.21. The summed E-state index contributed by atoms with van der Waals surface area (Å²) in [5.74, 6) is 0.675. The molecule has 1 aliphatic heterocycles. The predicted octanol–water partition coefficient (Wildman–Crippen LogP) is 3.17. The molecule has 1 saturated heterocycles. The van der Waals surface area contributed by atoms with E-state index in [1.165, 1.54) is 0 Å². The zero-order valence-electron chi connectivity index (χ0n) is 13.4. The second-order valence-electron chi connectivity index (χ2n) is 5.72. The van der Waals surface area contributed by atoms with Gasteiger partial charge in [0.2, 0.25) is 5.91 Å². The predicted molar refractivity (Wildman–Crippen MR) is 98.3 cm³/mol. The van der Waals surface area contributed by atoms with Gasteiger partial charge >= 0.3 is 0 Å². The topological polar surface area (TPSA) is 36.4 Å². The van der Waals surface area contributed by atoms with Gasteiger partial charge in [-0.3, -0.25) is 14.7 Å². The smallest absolute Gasteiger partial charge is 0.233 e. The normalized spacial score (nSPS) is 15.5. The average Bonchev–Trinajstić information content (AvgIpc) is 2.62. The first-order chi connectivity index (χ1) is 11.7. The van der Waals surface area contributed by atoms with E-state index >= 15 is 0 Å². The monoisotopic (exact) mass is 361 g/mol. The molecule has 3 rings (SSSR count). The van der Waals surface area contributed by atoms with Gasteiger partial charge in [0, 0.05) is 48.8 Å². The number of nitrogens with zero attached hydrogens (tertiary/aromatic N) is 3. The Morgan fingerprint density at radius 2 is 1.83 bits per heavy atom. The molecule has 6 heteroatoms. The lowest BCUT2D eigenvalue weighted by Gasteiger charge is -2.34. The van der Waals surface area contributed by atoms with Crippen LogP contribution in [0.5, 0.6) is 0 Å². The molecule has 2 aromatic rings. The summed E-state index contributed by atoms with van der Waals surface area (Å²) in [4.78, 5) is 22.1. The maximum atomic E-state index is 12.4. The van der Waals surface area contributed by atoms with Gasteiger partial charge in [-0.1, -0.05) is 17.7 Å². The van der Waals surface area contributed by atoms with Crippen LogP contribution in [0.4, 0.5) is 0 Å². The second kappa shape index (κ2) is 8.51. The van der Waals surface area contributed by atoms with E-state index < -0.39 is 0 Å². The summed E-state index contributed by atoms with van der Waals surface area (Å²) in [5, 5.41) is 0.717. The highest BCUT2D eigenvalue weighted by Crippen LogP contribution is 2.21. The molecule has 1 aromatic heterocycles. The number of carbonyl (C=O) groups excluding carboxylic acids is 1. The molecule has 2 heterocycles. The summed E-state index contributed by atoms with van der Waals surface area (Å²) in [7, 11) is 0. The highest BCUT2D eigenvalue weighted by Gasteiger charge is 2.21. The Labute approximate surface area is 151 Å². The van der Waals surface area contributed by atoms with Gasteiger partial charge in [0.15, 0.2) is 0 Å². The Balaban J connectivity index is 1.42. The lowest BCUT2D eigenvalue weighted by atomic mass is 10.2. The number of carbonyl (C=O) groups is 1. The molecule has 24 heavy (non-hydrogen) atoms. The van der Waals surface area contributed by atoms with E-state index in [4.69, 9.17) is 11.6 Å². The lowest BCUT2D eigenvalue weighted by molar-refractivity contribution is -0.130. The average molecular weight is 362 g/mol. The Hall–Kier alpha value is -1.56. The van der Waals surface area contributed by atoms with Crippen molar-refractivity contribution in [1.29, 1.82) is 0 Å². The minimum Gasteiger partial charge on any atom is -0.339 e. The summed E-state index contributed by atoms with van der Waals surface area (Å²) in [6.07, 6.45) is 1.82. The SMILES string of the molecule is O=C(CSc1ccc(Cl)cc1)N1CCN(Cc2ccccn2)CC1. The molecule has 1 aromatic carbocycles. The number of halogens is 1. The summed E-state index contributed by atoms with van der Waals surface area (Å²) >= 11 is 7.44. The molecule has 0 bridgehead atoms. The molecular formula is C18H20ClN3OS. The van der Waals surface area contributed by atoms with Crippen LogP contribution in [-0.4, -0.2) is 52.6 Å². The minimum atomic E-state index is 0.201. The third kappa shape index (κ3) is 4.97. The molecule has 1 fully saturated rings. The number of benzene rings is 1. The molecule has 4 nitrogen and oxygen atoms in total. The standard InChI is InChI=1S/C18H20ClN3OS/c19-15-4-6-17(7-5-15)24-14-18(23)22-11-9-21(10-12-22)13-16-3-1-2-8-20-16/h1-8H,9-14H2. The first-order valence-corrected chi connectivity index (χ1v) is 9.35. The van der Waals surface area contributed by atoms with Gasteiger partial charge in [-0.25, -0.2) is 0 Å². The largest absolute Gasteiger partial charge is 0.339 e. The molecule has 0 saturated carbocycles. The molecular weight excluding hydrogens is 342 g/mol. The maximum absolute atomic E-state index is 12.4. The summed E-state index contributed by atoms with van der Waals surface area (Å²) < 4.78 is 0. The number of hydrogen-bond acceptors (Lipinski definition) is 4. The summed E-state index contributed by atoms with van der Waals surface area (Å²) in [5.41, 5.74) is 1.08. The highest BCUT2D eigenvalue weighted by molar-refractivity contribution is 8.00. The van der Waals surface area contributed by atoms with E-state index in [9.17, 15) is 4.79 Å². The van der Waals surface area contributed by atoms with Crippen molar-refractivity contribution in [1.82, 2.24) is 14.8 Å². The number of aromatic nitrogens is 1. The van der Waals surface area contributed by atoms with E-state index in [2.05, 4.69) is 9.88 Å². The fraction of sp³-hybridized carbons (Fsp3) is 0.333. The van der Waals surface area contributed by atoms with Crippen LogP contribution in [0.2, 0.25) is 5.02 Å². The molecule has 0 unspecified atom stereocenters. The van der Waals surface area contributed by atoms with Crippen LogP contribution in [-0.2, 0) is 11.3 Å². The zero-order chi connectivity index (χ0) is 16.8. The Bertz CT molecular complexity index is 658. The maximum Gasteiger partial charge on any atom is 0.233 e. The van der Waals surface area contributed by atoms with E-state index in [-0.39, 0.29) is 5.91 Å². The minimum absolute atomic E-state index is 0.201. The van der Waals surface area contributed by atoms with Gasteiger partial charge in [0.1, 0.15) is 0 Å². The first kappa shape index (κ1) is 17.3. The van der Waals surface area contributed by atoms with Gasteiger partial charge in [0.05, 0.1) is 11.4 Å². The molecule has 0 radical (unpaired) electrons. The van der Waals surface area contributed by atoms with Crippen LogP contribution in [0.25, 0.3) is 0 Å². The third-order valence-corrected chi connectivity index (χ3v) is 5.26. The van der Waals surface area contributed by atoms with Crippen LogP contribution in [0, 0.1) is 0 Å². The van der Waals surface area contributed by atoms with Crippen LogP contribution in [0.3, 0.4) is 0 Å². The fourth-order valence-electron chi connectivity index (χ4n) is 2.64. The molecule has 0 N–H and O–H groups in total. The number of amides is 1. The number of rotatable bonds is 5. The zero-order valence-corrected chi connectivity index (χ0v) is 15.0. The number of thioether (sulfide) groups is 1. The molecule has 1 aliphatic rings. The van der Waals surface area contributed by atoms with E-state index in [1.807, 2.05) is 53.6 Å². The molecule has 126 valence electrons. The van der Waals surface area contributed by atoms with Gasteiger partial charge in [-0.05, 0) is 36.4 Å². The van der Waals surface area contributed by atoms with E-state index in [0.717, 1.165) is 48.3 Å². The Morgan fingerprint density at radius 3 is 2.50 bits per heavy atom. The Morgan fingerprint density at radius 1 is 1.08 bits per heavy atom. The van der Waals surface area contributed by atoms with Crippen molar-refractivity contribution in [2.45, 2.75) is 11.4 Å². The van der Waals surface area contributed by atoms with Crippen molar-refractivity contribution >= 4 is 29.3 Å². The molecule has 0 atom stereocenters. The lowest BCUT2D eigenvalue weighted by Crippen LogP contribution is -2.48. The molecule has 0 aliphatic carbocycles. The molecule has 1 amide bonds. The van der Waals surface area contributed by atoms with Crippen molar-refractivity contribution in [2.75, 3.05) is 31.9 Å². The van der Waals surface area contributed by atoms with Crippen LogP contribution < -0.4 is 0 Å². The van der Waals surface area contributed by atoms with Crippen LogP contribution in [0.15, 0.2) is 53.6 Å². The van der Waals surface area contributed by atoms with Gasteiger partial charge in [-0.2, -0.15) is 0 Å². The number of hydrogen-bond donors (Lipinski definition) is 0. The van der Waals surface area contributed by atoms with Gasteiger partial charge in [0.25, 0.3) is 0 Å². The van der Waals surface area contributed by atoms with E-state index in [1.54, 1.807) is 11.8 Å². The third-order valence-electron chi connectivity index (χ3n) is 4.01. The number of piperazine rings is 1. The number of pyridine rings is 1. The van der Waals surface area contributed by atoms with Crippen molar-refractivity contribution in [3.8, 4) is 0 Å². The molecule has 0 spiro atoms. The fourth-order valence-corrected chi connectivity index (χ4v) is 3.57. The summed E-state index contributed by atoms with van der Waals surface area (Å²) in [6.45, 7) is 4.21. The van der Waals surface area contributed by atoms with Crippen molar-refractivity contribution in [3.05, 3.63) is 59.4 Å². The quantitative estimate of drug-likeness (QED) is 0.766. The Kier molecular flexibility index (Phi) is 6.12. The highest BCUT2D eigenvalue weighted by atomic mass is 35.5. The summed E-state index contributed by atoms with van der Waals surface area (Å²) in [6, 6.07) is 13.6. The van der Waals surface area contributed by atoms with Crippen molar-refractivity contribution in [3.63, 3.8) is 0 Å². The van der Waals surface area contributed by atoms with Gasteiger partial charge < -0.3 is 4.90 Å². The van der Waals surface area contributed by atoms with Gasteiger partial charge in [-0.15, -0.1) is 11.8 Å². The van der Waals surface area contributed by atoms with Crippen molar-refractivity contribution < 1.29 is 4.79 Å².